The minimum absolute atomic E-state index is 0.228. The second-order valence-electron chi connectivity index (χ2n) is 4.37. The van der Waals surface area contributed by atoms with Crippen LogP contribution >= 0.6 is 27.7 Å². The molecule has 0 bridgehead atoms. The average Bonchev–Trinajstić information content (AvgIpc) is 2.41. The Morgan fingerprint density at radius 2 is 1.90 bits per heavy atom. The normalized spacial score (nSPS) is 12.4. The SMILES string of the molecule is CNC(C)c1ccc(Sc2ccc(F)cc2F)cc1Br. The number of hydrogen-bond donors (Lipinski definition) is 1. The molecular weight excluding hydrogens is 344 g/mol. The third kappa shape index (κ3) is 3.59. The van der Waals surface area contributed by atoms with Crippen LogP contribution in [0.3, 0.4) is 0 Å². The van der Waals surface area contributed by atoms with Gasteiger partial charge in [-0.1, -0.05) is 33.8 Å². The van der Waals surface area contributed by atoms with E-state index in [1.807, 2.05) is 25.2 Å². The van der Waals surface area contributed by atoms with Crippen molar-refractivity contribution >= 4 is 27.7 Å². The molecule has 0 fully saturated rings. The fourth-order valence-electron chi connectivity index (χ4n) is 1.76. The zero-order valence-electron chi connectivity index (χ0n) is 11.1. The molecule has 1 nitrogen and oxygen atoms in total. The summed E-state index contributed by atoms with van der Waals surface area (Å²) in [4.78, 5) is 1.31. The minimum Gasteiger partial charge on any atom is -0.313 e. The van der Waals surface area contributed by atoms with Crippen LogP contribution in [0, 0.1) is 11.6 Å². The smallest absolute Gasteiger partial charge is 0.140 e. The molecule has 0 saturated heterocycles. The predicted octanol–water partition coefficient (Wildman–Crippen LogP) is 5.16. The molecule has 0 aliphatic heterocycles. The lowest BCUT2D eigenvalue weighted by molar-refractivity contribution is 0.565. The van der Waals surface area contributed by atoms with E-state index in [9.17, 15) is 8.78 Å². The Kier molecular flexibility index (Phi) is 5.18. The van der Waals surface area contributed by atoms with E-state index in [-0.39, 0.29) is 6.04 Å². The monoisotopic (exact) mass is 357 g/mol. The van der Waals surface area contributed by atoms with Crippen LogP contribution in [0.4, 0.5) is 8.78 Å². The Morgan fingerprint density at radius 1 is 1.15 bits per heavy atom. The van der Waals surface area contributed by atoms with E-state index in [2.05, 4.69) is 28.2 Å². The summed E-state index contributed by atoms with van der Waals surface area (Å²) in [6.07, 6.45) is 0. The molecule has 2 aromatic carbocycles. The molecule has 0 radical (unpaired) electrons. The van der Waals surface area contributed by atoms with Gasteiger partial charge in [-0.3, -0.25) is 0 Å². The first kappa shape index (κ1) is 15.5. The molecule has 106 valence electrons. The van der Waals surface area contributed by atoms with E-state index in [4.69, 9.17) is 0 Å². The second kappa shape index (κ2) is 6.70. The quantitative estimate of drug-likeness (QED) is 0.810. The third-order valence-electron chi connectivity index (χ3n) is 2.99. The first-order chi connectivity index (χ1) is 9.51. The van der Waals surface area contributed by atoms with Crippen molar-refractivity contribution < 1.29 is 8.78 Å². The number of halogens is 3. The summed E-state index contributed by atoms with van der Waals surface area (Å²) in [7, 11) is 1.90. The molecule has 2 rings (SSSR count). The third-order valence-corrected chi connectivity index (χ3v) is 4.72. The van der Waals surface area contributed by atoms with Gasteiger partial charge in [-0.15, -0.1) is 0 Å². The Labute approximate surface area is 129 Å². The fraction of sp³-hybridized carbons (Fsp3) is 0.200. The van der Waals surface area contributed by atoms with Gasteiger partial charge in [0.2, 0.25) is 0 Å². The van der Waals surface area contributed by atoms with Crippen LogP contribution in [0.5, 0.6) is 0 Å². The zero-order valence-corrected chi connectivity index (χ0v) is 13.5. The van der Waals surface area contributed by atoms with Gasteiger partial charge in [0, 0.05) is 26.4 Å². The van der Waals surface area contributed by atoms with Gasteiger partial charge in [0.05, 0.1) is 0 Å². The summed E-state index contributed by atoms with van der Waals surface area (Å²) in [6, 6.07) is 9.71. The van der Waals surface area contributed by atoms with Crippen molar-refractivity contribution in [3.8, 4) is 0 Å². The molecule has 1 N–H and O–H groups in total. The average molecular weight is 358 g/mol. The highest BCUT2D eigenvalue weighted by Gasteiger charge is 2.10. The van der Waals surface area contributed by atoms with Gasteiger partial charge in [-0.05, 0) is 43.8 Å². The lowest BCUT2D eigenvalue weighted by atomic mass is 10.1. The van der Waals surface area contributed by atoms with E-state index < -0.39 is 11.6 Å². The van der Waals surface area contributed by atoms with Gasteiger partial charge in [-0.2, -0.15) is 0 Å². The summed E-state index contributed by atoms with van der Waals surface area (Å²) in [5.41, 5.74) is 1.14. The van der Waals surface area contributed by atoms with Crippen LogP contribution in [0.2, 0.25) is 0 Å². The van der Waals surface area contributed by atoms with Crippen LogP contribution in [0.1, 0.15) is 18.5 Å². The maximum atomic E-state index is 13.6. The second-order valence-corrected chi connectivity index (χ2v) is 6.34. The van der Waals surface area contributed by atoms with E-state index in [0.717, 1.165) is 21.0 Å². The molecule has 0 spiro atoms. The van der Waals surface area contributed by atoms with Crippen molar-refractivity contribution in [2.24, 2.45) is 0 Å². The summed E-state index contributed by atoms with van der Waals surface area (Å²) in [5.74, 6) is -1.11. The Bertz CT molecular complexity index is 619. The molecule has 1 unspecified atom stereocenters. The van der Waals surface area contributed by atoms with Crippen LogP contribution in [0.25, 0.3) is 0 Å². The van der Waals surface area contributed by atoms with Crippen molar-refractivity contribution in [3.05, 3.63) is 58.1 Å². The number of nitrogens with one attached hydrogen (secondary N) is 1. The largest absolute Gasteiger partial charge is 0.313 e. The van der Waals surface area contributed by atoms with Crippen LogP contribution < -0.4 is 5.32 Å². The first-order valence-corrected chi connectivity index (χ1v) is 7.72. The molecule has 1 atom stereocenters. The molecule has 2 aromatic rings. The van der Waals surface area contributed by atoms with Crippen molar-refractivity contribution in [1.82, 2.24) is 5.32 Å². The predicted molar refractivity (Wildman–Crippen MR) is 82.1 cm³/mol. The van der Waals surface area contributed by atoms with Gasteiger partial charge in [-0.25, -0.2) is 8.78 Å². The molecule has 0 aromatic heterocycles. The summed E-state index contributed by atoms with van der Waals surface area (Å²) in [6.45, 7) is 2.06. The van der Waals surface area contributed by atoms with Crippen molar-refractivity contribution in [2.75, 3.05) is 7.05 Å². The highest BCUT2D eigenvalue weighted by atomic mass is 79.9. The van der Waals surface area contributed by atoms with E-state index in [0.29, 0.717) is 4.90 Å². The van der Waals surface area contributed by atoms with Gasteiger partial charge >= 0.3 is 0 Å². The van der Waals surface area contributed by atoms with E-state index in [1.165, 1.54) is 23.9 Å². The van der Waals surface area contributed by atoms with Gasteiger partial charge < -0.3 is 5.32 Å². The Hall–Kier alpha value is -0.910. The molecule has 0 aliphatic rings. The molecule has 0 aliphatic carbocycles. The van der Waals surface area contributed by atoms with Crippen LogP contribution in [-0.2, 0) is 0 Å². The molecule has 0 saturated carbocycles. The van der Waals surface area contributed by atoms with Gasteiger partial charge in [0.15, 0.2) is 0 Å². The molecule has 5 heteroatoms. The highest BCUT2D eigenvalue weighted by molar-refractivity contribution is 9.10. The van der Waals surface area contributed by atoms with Crippen LogP contribution in [-0.4, -0.2) is 7.05 Å². The van der Waals surface area contributed by atoms with Gasteiger partial charge in [0.1, 0.15) is 11.6 Å². The lowest BCUT2D eigenvalue weighted by Gasteiger charge is -2.13. The van der Waals surface area contributed by atoms with E-state index >= 15 is 0 Å². The standard InChI is InChI=1S/C15H14BrF2NS/c1-9(19-2)12-5-4-11(8-13(12)16)20-15-6-3-10(17)7-14(15)18/h3-9,19H,1-2H3. The summed E-state index contributed by atoms with van der Waals surface area (Å²) >= 11 is 4.80. The molecular formula is C15H14BrF2NS. The number of hydrogen-bond acceptors (Lipinski definition) is 2. The van der Waals surface area contributed by atoms with Crippen molar-refractivity contribution in [2.45, 2.75) is 22.8 Å². The Morgan fingerprint density at radius 3 is 2.50 bits per heavy atom. The summed E-state index contributed by atoms with van der Waals surface area (Å²) in [5, 5.41) is 3.17. The molecule has 0 heterocycles. The summed E-state index contributed by atoms with van der Waals surface area (Å²) < 4.78 is 27.4. The molecule has 20 heavy (non-hydrogen) atoms. The zero-order chi connectivity index (χ0) is 14.7. The maximum absolute atomic E-state index is 13.6. The van der Waals surface area contributed by atoms with Gasteiger partial charge in [0.25, 0.3) is 0 Å². The van der Waals surface area contributed by atoms with Crippen molar-refractivity contribution in [3.63, 3.8) is 0 Å². The minimum atomic E-state index is -0.564. The highest BCUT2D eigenvalue weighted by Crippen LogP contribution is 2.34. The number of rotatable bonds is 4. The topological polar surface area (TPSA) is 12.0 Å². The van der Waals surface area contributed by atoms with Crippen LogP contribution in [0.15, 0.2) is 50.7 Å². The fourth-order valence-corrected chi connectivity index (χ4v) is 3.50. The lowest BCUT2D eigenvalue weighted by Crippen LogP contribution is -2.12. The Balaban J connectivity index is 2.24. The molecule has 0 amide bonds. The van der Waals surface area contributed by atoms with Crippen molar-refractivity contribution in [1.29, 1.82) is 0 Å². The first-order valence-electron chi connectivity index (χ1n) is 6.11. The maximum Gasteiger partial charge on any atom is 0.140 e. The van der Waals surface area contributed by atoms with E-state index in [1.54, 1.807) is 0 Å². The number of benzene rings is 2.